The molecular weight excluding hydrogens is 202 g/mol. The third-order valence-electron chi connectivity index (χ3n) is 2.27. The normalized spacial score (nSPS) is 28.2. The minimum Gasteiger partial charge on any atom is -0.392 e. The lowest BCUT2D eigenvalue weighted by Crippen LogP contribution is -2.14. The van der Waals surface area contributed by atoms with Crippen molar-refractivity contribution in [2.75, 3.05) is 0 Å². The maximum absolute atomic E-state index is 9.61. The van der Waals surface area contributed by atoms with Gasteiger partial charge in [0.05, 0.1) is 6.10 Å². The first-order valence-corrected chi connectivity index (χ1v) is 6.28. The van der Waals surface area contributed by atoms with Gasteiger partial charge in [0.1, 0.15) is 4.34 Å². The van der Waals surface area contributed by atoms with Gasteiger partial charge in [0.2, 0.25) is 0 Å². The summed E-state index contributed by atoms with van der Waals surface area (Å²) in [4.78, 5) is 4.38. The van der Waals surface area contributed by atoms with E-state index in [-0.39, 0.29) is 6.10 Å². The monoisotopic (exact) mass is 215 g/mol. The van der Waals surface area contributed by atoms with Crippen molar-refractivity contribution in [2.45, 2.75) is 41.9 Å². The lowest BCUT2D eigenvalue weighted by atomic mass is 10.3. The van der Waals surface area contributed by atoms with Gasteiger partial charge in [-0.25, -0.2) is 4.98 Å². The molecule has 2 rings (SSSR count). The highest BCUT2D eigenvalue weighted by atomic mass is 32.2. The molecule has 1 aromatic heterocycles. The number of aliphatic hydroxyl groups is 1. The fourth-order valence-corrected chi connectivity index (χ4v) is 3.85. The molecule has 2 unspecified atom stereocenters. The van der Waals surface area contributed by atoms with Crippen molar-refractivity contribution in [1.82, 2.24) is 4.98 Å². The summed E-state index contributed by atoms with van der Waals surface area (Å²) < 4.78 is 1.10. The summed E-state index contributed by atoms with van der Waals surface area (Å²) in [5.74, 6) is 0. The molecule has 1 aliphatic carbocycles. The van der Waals surface area contributed by atoms with E-state index in [2.05, 4.69) is 10.4 Å². The standard InChI is InChI=1S/C9H13NOS2/c1-6-5-12-9(10-6)13-8-4-2-3-7(8)11/h5,7-8,11H,2-4H2,1H3. The topological polar surface area (TPSA) is 33.1 Å². The molecular formula is C9H13NOS2. The van der Waals surface area contributed by atoms with Gasteiger partial charge >= 0.3 is 0 Å². The smallest absolute Gasteiger partial charge is 0.150 e. The van der Waals surface area contributed by atoms with Crippen molar-refractivity contribution >= 4 is 23.1 Å². The Morgan fingerprint density at radius 1 is 1.62 bits per heavy atom. The Morgan fingerprint density at radius 3 is 3.00 bits per heavy atom. The Bertz CT molecular complexity index is 287. The van der Waals surface area contributed by atoms with Gasteiger partial charge in [-0.1, -0.05) is 11.8 Å². The van der Waals surface area contributed by atoms with E-state index in [0.29, 0.717) is 5.25 Å². The molecule has 13 heavy (non-hydrogen) atoms. The molecule has 0 aromatic carbocycles. The van der Waals surface area contributed by atoms with Gasteiger partial charge in [0, 0.05) is 16.3 Å². The van der Waals surface area contributed by atoms with Crippen molar-refractivity contribution in [3.8, 4) is 0 Å². The molecule has 2 atom stereocenters. The summed E-state index contributed by atoms with van der Waals surface area (Å²) in [5, 5.41) is 12.1. The zero-order chi connectivity index (χ0) is 9.26. The molecule has 0 bridgehead atoms. The summed E-state index contributed by atoms with van der Waals surface area (Å²) >= 11 is 3.42. The number of aromatic nitrogens is 1. The highest BCUT2D eigenvalue weighted by Crippen LogP contribution is 2.36. The van der Waals surface area contributed by atoms with E-state index in [4.69, 9.17) is 0 Å². The highest BCUT2D eigenvalue weighted by molar-refractivity contribution is 8.01. The highest BCUT2D eigenvalue weighted by Gasteiger charge is 2.26. The molecule has 2 nitrogen and oxygen atoms in total. The minimum absolute atomic E-state index is 0.116. The van der Waals surface area contributed by atoms with Crippen LogP contribution in [0.25, 0.3) is 0 Å². The summed E-state index contributed by atoms with van der Waals surface area (Å²) in [6.07, 6.45) is 3.13. The van der Waals surface area contributed by atoms with Gasteiger partial charge in [-0.3, -0.25) is 0 Å². The number of nitrogens with zero attached hydrogens (tertiary/aromatic N) is 1. The number of aryl methyl sites for hydroxylation is 1. The third kappa shape index (κ3) is 2.24. The lowest BCUT2D eigenvalue weighted by Gasteiger charge is -2.10. The Balaban J connectivity index is 1.97. The van der Waals surface area contributed by atoms with E-state index >= 15 is 0 Å². The van der Waals surface area contributed by atoms with Crippen LogP contribution in [0.1, 0.15) is 25.0 Å². The number of aliphatic hydroxyl groups excluding tert-OH is 1. The number of rotatable bonds is 2. The summed E-state index contributed by atoms with van der Waals surface area (Å²) in [6, 6.07) is 0. The average molecular weight is 215 g/mol. The number of thioether (sulfide) groups is 1. The zero-order valence-electron chi connectivity index (χ0n) is 7.56. The predicted molar refractivity (Wildman–Crippen MR) is 56.4 cm³/mol. The predicted octanol–water partition coefficient (Wildman–Crippen LogP) is 2.46. The maximum atomic E-state index is 9.61. The first kappa shape index (κ1) is 9.49. The van der Waals surface area contributed by atoms with Crippen molar-refractivity contribution in [2.24, 2.45) is 0 Å². The Kier molecular flexibility index (Phi) is 2.91. The van der Waals surface area contributed by atoms with Gasteiger partial charge in [-0.05, 0) is 26.2 Å². The van der Waals surface area contributed by atoms with Crippen molar-refractivity contribution in [3.63, 3.8) is 0 Å². The quantitative estimate of drug-likeness (QED) is 0.822. The molecule has 1 N–H and O–H groups in total. The van der Waals surface area contributed by atoms with Crippen LogP contribution < -0.4 is 0 Å². The fraction of sp³-hybridized carbons (Fsp3) is 0.667. The molecule has 1 heterocycles. The first-order chi connectivity index (χ1) is 6.25. The molecule has 1 aromatic rings. The molecule has 72 valence electrons. The van der Waals surface area contributed by atoms with Gasteiger partial charge in [-0.15, -0.1) is 11.3 Å². The molecule has 0 radical (unpaired) electrons. The maximum Gasteiger partial charge on any atom is 0.150 e. The zero-order valence-corrected chi connectivity index (χ0v) is 9.20. The van der Waals surface area contributed by atoms with Crippen LogP contribution >= 0.6 is 23.1 Å². The minimum atomic E-state index is -0.116. The number of hydrogen-bond donors (Lipinski definition) is 1. The van der Waals surface area contributed by atoms with Gasteiger partial charge in [0.15, 0.2) is 0 Å². The number of thiazole rings is 1. The van der Waals surface area contributed by atoms with E-state index in [9.17, 15) is 5.11 Å². The SMILES string of the molecule is Cc1csc(SC2CCCC2O)n1. The second-order valence-electron chi connectivity index (χ2n) is 3.41. The molecule has 0 saturated heterocycles. The Hall–Kier alpha value is -0.0600. The fourth-order valence-electron chi connectivity index (χ4n) is 1.56. The molecule has 0 aliphatic heterocycles. The van der Waals surface area contributed by atoms with Crippen molar-refractivity contribution < 1.29 is 5.11 Å². The van der Waals surface area contributed by atoms with E-state index in [0.717, 1.165) is 29.3 Å². The van der Waals surface area contributed by atoms with E-state index < -0.39 is 0 Å². The summed E-state index contributed by atoms with van der Waals surface area (Å²) in [7, 11) is 0. The average Bonchev–Trinajstić information content (AvgIpc) is 2.64. The molecule has 0 spiro atoms. The lowest BCUT2D eigenvalue weighted by molar-refractivity contribution is 0.188. The van der Waals surface area contributed by atoms with Crippen LogP contribution in [0, 0.1) is 6.92 Å². The van der Waals surface area contributed by atoms with Crippen molar-refractivity contribution in [3.05, 3.63) is 11.1 Å². The van der Waals surface area contributed by atoms with Crippen LogP contribution in [0.15, 0.2) is 9.72 Å². The summed E-state index contributed by atoms with van der Waals surface area (Å²) in [5.41, 5.74) is 1.08. The first-order valence-electron chi connectivity index (χ1n) is 4.52. The molecule has 0 amide bonds. The van der Waals surface area contributed by atoms with Crippen LogP contribution in [-0.2, 0) is 0 Å². The Labute approximate surface area is 86.4 Å². The third-order valence-corrected chi connectivity index (χ3v) is 4.74. The molecule has 4 heteroatoms. The molecule has 1 fully saturated rings. The van der Waals surface area contributed by atoms with E-state index in [1.807, 2.05) is 6.92 Å². The van der Waals surface area contributed by atoms with E-state index in [1.54, 1.807) is 23.1 Å². The van der Waals surface area contributed by atoms with Gasteiger partial charge in [0.25, 0.3) is 0 Å². The van der Waals surface area contributed by atoms with Gasteiger partial charge < -0.3 is 5.11 Å². The van der Waals surface area contributed by atoms with Crippen LogP contribution in [0.5, 0.6) is 0 Å². The number of hydrogen-bond acceptors (Lipinski definition) is 4. The largest absolute Gasteiger partial charge is 0.392 e. The van der Waals surface area contributed by atoms with Crippen LogP contribution in [0.3, 0.4) is 0 Å². The van der Waals surface area contributed by atoms with Gasteiger partial charge in [-0.2, -0.15) is 0 Å². The molecule has 1 saturated carbocycles. The van der Waals surface area contributed by atoms with E-state index in [1.165, 1.54) is 0 Å². The van der Waals surface area contributed by atoms with Crippen LogP contribution in [0.4, 0.5) is 0 Å². The second kappa shape index (κ2) is 3.98. The summed E-state index contributed by atoms with van der Waals surface area (Å²) in [6.45, 7) is 2.01. The Morgan fingerprint density at radius 2 is 2.46 bits per heavy atom. The second-order valence-corrected chi connectivity index (χ2v) is 5.75. The van der Waals surface area contributed by atoms with Crippen molar-refractivity contribution in [1.29, 1.82) is 0 Å². The van der Waals surface area contributed by atoms with Crippen LogP contribution in [-0.4, -0.2) is 21.4 Å². The van der Waals surface area contributed by atoms with Crippen LogP contribution in [0.2, 0.25) is 0 Å². The molecule has 1 aliphatic rings.